The van der Waals surface area contributed by atoms with E-state index in [1.54, 1.807) is 14.2 Å². The molecule has 0 radical (unpaired) electrons. The van der Waals surface area contributed by atoms with Crippen LogP contribution in [0.2, 0.25) is 18.1 Å². The molecule has 0 aromatic heterocycles. The topological polar surface area (TPSA) is 27.7 Å². The van der Waals surface area contributed by atoms with Gasteiger partial charge in [0.15, 0.2) is 8.32 Å². The smallest absolute Gasteiger partial charge is 0.191 e. The summed E-state index contributed by atoms with van der Waals surface area (Å²) >= 11 is 0. The lowest BCUT2D eigenvalue weighted by atomic mass is 10.2. The van der Waals surface area contributed by atoms with Crippen molar-refractivity contribution in [3.63, 3.8) is 0 Å². The predicted octanol–water partition coefficient (Wildman–Crippen LogP) is 5.67. The first-order valence-electron chi connectivity index (χ1n) is 8.47. The second kappa shape index (κ2) is 9.12. The molecule has 0 heterocycles. The minimum Gasteiger partial charge on any atom is -0.497 e. The fourth-order valence-corrected chi connectivity index (χ4v) is 2.97. The van der Waals surface area contributed by atoms with Crippen LogP contribution in [0.25, 0.3) is 6.08 Å². The van der Waals surface area contributed by atoms with Crippen LogP contribution in [0.1, 0.15) is 39.2 Å². The highest BCUT2D eigenvalue weighted by atomic mass is 28.4. The normalized spacial score (nSPS) is 11.6. The monoisotopic (exact) mass is 348 g/mol. The molecule has 0 amide bonds. The molecule has 0 fully saturated rings. The molecule has 0 N–H and O–H groups in total. The van der Waals surface area contributed by atoms with Crippen LogP contribution in [0.15, 0.2) is 30.0 Å². The summed E-state index contributed by atoms with van der Waals surface area (Å²) in [5, 5.41) is 0.272. The van der Waals surface area contributed by atoms with E-state index in [1.807, 2.05) is 24.3 Å². The van der Waals surface area contributed by atoms with Gasteiger partial charge in [0.2, 0.25) is 0 Å². The van der Waals surface area contributed by atoms with E-state index in [4.69, 9.17) is 13.9 Å². The lowest BCUT2D eigenvalue weighted by Gasteiger charge is -2.36. The molecule has 0 unspecified atom stereocenters. The lowest BCUT2D eigenvalue weighted by Crippen LogP contribution is -2.40. The van der Waals surface area contributed by atoms with Crippen LogP contribution in [-0.2, 0) is 4.43 Å². The van der Waals surface area contributed by atoms with E-state index in [0.29, 0.717) is 0 Å². The molecule has 0 bridgehead atoms. The molecule has 0 saturated heterocycles. The van der Waals surface area contributed by atoms with Gasteiger partial charge in [0.1, 0.15) is 11.5 Å². The third-order valence-corrected chi connectivity index (χ3v) is 9.04. The van der Waals surface area contributed by atoms with E-state index in [2.05, 4.69) is 45.7 Å². The van der Waals surface area contributed by atoms with Crippen molar-refractivity contribution in [2.24, 2.45) is 0 Å². The van der Waals surface area contributed by atoms with E-state index in [-0.39, 0.29) is 5.04 Å². The highest BCUT2D eigenvalue weighted by molar-refractivity contribution is 6.74. The van der Waals surface area contributed by atoms with Gasteiger partial charge in [-0.15, -0.1) is 5.73 Å². The predicted molar refractivity (Wildman–Crippen MR) is 104 cm³/mol. The average molecular weight is 349 g/mol. The van der Waals surface area contributed by atoms with Gasteiger partial charge in [-0.2, -0.15) is 0 Å². The molecular formula is C20H32O3Si. The third kappa shape index (κ3) is 6.56. The summed E-state index contributed by atoms with van der Waals surface area (Å²) < 4.78 is 16.7. The Morgan fingerprint density at radius 3 is 2.12 bits per heavy atom. The van der Waals surface area contributed by atoms with E-state index in [0.717, 1.165) is 36.5 Å². The van der Waals surface area contributed by atoms with Crippen LogP contribution in [-0.4, -0.2) is 29.1 Å². The summed E-state index contributed by atoms with van der Waals surface area (Å²) in [7, 11) is 1.69. The second-order valence-corrected chi connectivity index (χ2v) is 12.2. The Balaban J connectivity index is 2.49. The third-order valence-electron chi connectivity index (χ3n) is 4.50. The Morgan fingerprint density at radius 2 is 1.62 bits per heavy atom. The quantitative estimate of drug-likeness (QED) is 0.344. The molecule has 1 aromatic carbocycles. The van der Waals surface area contributed by atoms with Crippen LogP contribution in [0.3, 0.4) is 0 Å². The SMILES string of the molecule is COc1cc(C=C=CCCCO[Si](C)(C)C(C)(C)C)cc(OC)c1. The maximum absolute atomic E-state index is 6.17. The van der Waals surface area contributed by atoms with Crippen LogP contribution in [0, 0.1) is 0 Å². The first kappa shape index (κ1) is 20.6. The molecule has 134 valence electrons. The minimum atomic E-state index is -1.62. The van der Waals surface area contributed by atoms with Crippen LogP contribution < -0.4 is 9.47 Å². The van der Waals surface area contributed by atoms with E-state index in [9.17, 15) is 0 Å². The minimum absolute atomic E-state index is 0.272. The zero-order chi connectivity index (χ0) is 18.2. The molecule has 3 nitrogen and oxygen atoms in total. The average Bonchev–Trinajstić information content (AvgIpc) is 2.52. The summed E-state index contributed by atoms with van der Waals surface area (Å²) in [5.41, 5.74) is 4.24. The number of allylic oxidation sites excluding steroid dienone is 1. The Morgan fingerprint density at radius 1 is 1.04 bits per heavy atom. The number of ether oxygens (including phenoxy) is 2. The van der Waals surface area contributed by atoms with Gasteiger partial charge in [0.05, 0.1) is 14.2 Å². The summed E-state index contributed by atoms with van der Waals surface area (Å²) in [6.45, 7) is 12.2. The molecular weight excluding hydrogens is 316 g/mol. The first-order valence-corrected chi connectivity index (χ1v) is 11.4. The van der Waals surface area contributed by atoms with Crippen molar-refractivity contribution in [3.8, 4) is 11.5 Å². The highest BCUT2D eigenvalue weighted by Gasteiger charge is 2.36. The Kier molecular flexibility index (Phi) is 7.81. The van der Waals surface area contributed by atoms with Gasteiger partial charge in [-0.1, -0.05) is 20.8 Å². The zero-order valence-electron chi connectivity index (χ0n) is 16.2. The van der Waals surface area contributed by atoms with Crippen LogP contribution in [0.4, 0.5) is 0 Å². The van der Waals surface area contributed by atoms with Crippen molar-refractivity contribution in [1.82, 2.24) is 0 Å². The Hall–Kier alpha value is -1.48. The summed E-state index contributed by atoms with van der Waals surface area (Å²) in [5.74, 6) is 1.57. The van der Waals surface area contributed by atoms with Gasteiger partial charge < -0.3 is 13.9 Å². The number of hydrogen-bond acceptors (Lipinski definition) is 3. The van der Waals surface area contributed by atoms with E-state index < -0.39 is 8.32 Å². The molecule has 4 heteroatoms. The molecule has 0 atom stereocenters. The van der Waals surface area contributed by atoms with Crippen LogP contribution >= 0.6 is 0 Å². The van der Waals surface area contributed by atoms with Gasteiger partial charge in [-0.25, -0.2) is 0 Å². The zero-order valence-corrected chi connectivity index (χ0v) is 17.2. The van der Waals surface area contributed by atoms with Gasteiger partial charge >= 0.3 is 0 Å². The van der Waals surface area contributed by atoms with Crippen molar-refractivity contribution in [1.29, 1.82) is 0 Å². The molecule has 0 aliphatic rings. The lowest BCUT2D eigenvalue weighted by molar-refractivity contribution is 0.283. The standard InChI is InChI=1S/C20H32O3Si/c1-20(2,3)24(6,7)23-13-11-9-8-10-12-17-14-18(21-4)16-19(15-17)22-5/h8,12,14-16H,9,11,13H2,1-7H3. The molecule has 0 saturated carbocycles. The number of rotatable bonds is 8. The molecule has 0 spiro atoms. The number of unbranched alkanes of at least 4 members (excludes halogenated alkanes) is 1. The molecule has 1 aromatic rings. The highest BCUT2D eigenvalue weighted by Crippen LogP contribution is 2.36. The second-order valence-electron chi connectivity index (χ2n) is 7.41. The first-order chi connectivity index (χ1) is 11.2. The molecule has 24 heavy (non-hydrogen) atoms. The maximum atomic E-state index is 6.17. The van der Waals surface area contributed by atoms with E-state index in [1.165, 1.54) is 0 Å². The fourth-order valence-electron chi connectivity index (χ4n) is 1.88. The van der Waals surface area contributed by atoms with Gasteiger partial charge in [-0.05, 0) is 60.8 Å². The number of hydrogen-bond donors (Lipinski definition) is 0. The number of methoxy groups -OCH3 is 2. The van der Waals surface area contributed by atoms with Crippen LogP contribution in [0.5, 0.6) is 11.5 Å². The van der Waals surface area contributed by atoms with Gasteiger partial charge in [0, 0.05) is 12.7 Å². The van der Waals surface area contributed by atoms with Gasteiger partial charge in [0.25, 0.3) is 0 Å². The fraction of sp³-hybridized carbons (Fsp3) is 0.550. The molecule has 0 aliphatic carbocycles. The van der Waals surface area contributed by atoms with Crippen molar-refractivity contribution < 1.29 is 13.9 Å². The number of benzene rings is 1. The van der Waals surface area contributed by atoms with Crippen molar-refractivity contribution >= 4 is 14.4 Å². The Bertz CT molecular complexity index is 557. The molecule has 0 aliphatic heterocycles. The maximum Gasteiger partial charge on any atom is 0.191 e. The molecule has 1 rings (SSSR count). The summed E-state index contributed by atoms with van der Waals surface area (Å²) in [6, 6.07) is 5.78. The summed E-state index contributed by atoms with van der Waals surface area (Å²) in [4.78, 5) is 0. The van der Waals surface area contributed by atoms with Gasteiger partial charge in [-0.3, -0.25) is 0 Å². The van der Waals surface area contributed by atoms with Crippen molar-refractivity contribution in [2.75, 3.05) is 20.8 Å². The Labute approximate surface area is 148 Å². The van der Waals surface area contributed by atoms with Crippen molar-refractivity contribution in [3.05, 3.63) is 35.6 Å². The van der Waals surface area contributed by atoms with Crippen molar-refractivity contribution in [2.45, 2.75) is 51.7 Å². The largest absolute Gasteiger partial charge is 0.497 e. The van der Waals surface area contributed by atoms with E-state index >= 15 is 0 Å². The summed E-state index contributed by atoms with van der Waals surface area (Å²) in [6.07, 6.45) is 5.99.